The minimum atomic E-state index is -1.05. The molecule has 0 aliphatic carbocycles. The molecule has 0 unspecified atom stereocenters. The lowest BCUT2D eigenvalue weighted by Gasteiger charge is -2.20. The third kappa shape index (κ3) is 3.88. The van der Waals surface area contributed by atoms with Gasteiger partial charge in [-0.2, -0.15) is 0 Å². The molecule has 1 aromatic carbocycles. The Labute approximate surface area is 136 Å². The molecular formula is C17H24N4O2. The molecule has 0 aliphatic rings. The average Bonchev–Trinajstić information content (AvgIpc) is 3.00. The fraction of sp³-hybridized carbons (Fsp3) is 0.471. The van der Waals surface area contributed by atoms with Crippen LogP contribution < -0.4 is 4.90 Å². The zero-order chi connectivity index (χ0) is 16.8. The largest absolute Gasteiger partial charge is 0.476 e. The summed E-state index contributed by atoms with van der Waals surface area (Å²) in [6.45, 7) is 7.76. The zero-order valence-electron chi connectivity index (χ0n) is 14.0. The van der Waals surface area contributed by atoms with E-state index in [0.717, 1.165) is 38.0 Å². The number of carboxylic acid groups (broad SMARTS) is 1. The van der Waals surface area contributed by atoms with E-state index in [1.165, 1.54) is 10.4 Å². The molecule has 0 spiro atoms. The molecule has 0 radical (unpaired) electrons. The quantitative estimate of drug-likeness (QED) is 0.810. The lowest BCUT2D eigenvalue weighted by Crippen LogP contribution is -2.27. The van der Waals surface area contributed by atoms with Gasteiger partial charge in [-0.05, 0) is 37.0 Å². The molecular weight excluding hydrogens is 292 g/mol. The second kappa shape index (κ2) is 7.76. The van der Waals surface area contributed by atoms with Crippen LogP contribution >= 0.6 is 0 Å². The molecule has 6 heteroatoms. The van der Waals surface area contributed by atoms with Crippen molar-refractivity contribution in [2.45, 2.75) is 40.0 Å². The van der Waals surface area contributed by atoms with Gasteiger partial charge in [-0.25, -0.2) is 4.79 Å². The Morgan fingerprint density at radius 3 is 2.17 bits per heavy atom. The first-order valence-electron chi connectivity index (χ1n) is 8.15. The first-order valence-corrected chi connectivity index (χ1v) is 8.15. The van der Waals surface area contributed by atoms with Crippen LogP contribution in [0.3, 0.4) is 0 Å². The average molecular weight is 316 g/mol. The molecule has 23 heavy (non-hydrogen) atoms. The van der Waals surface area contributed by atoms with E-state index in [-0.39, 0.29) is 5.69 Å². The van der Waals surface area contributed by atoms with Gasteiger partial charge in [0, 0.05) is 13.1 Å². The van der Waals surface area contributed by atoms with E-state index < -0.39 is 5.97 Å². The number of nitrogens with zero attached hydrogens (tertiary/aromatic N) is 4. The van der Waals surface area contributed by atoms with E-state index in [1.54, 1.807) is 0 Å². The van der Waals surface area contributed by atoms with Gasteiger partial charge in [-0.15, -0.1) is 15.0 Å². The van der Waals surface area contributed by atoms with Gasteiger partial charge in [0.15, 0.2) is 5.82 Å². The monoisotopic (exact) mass is 316 g/mol. The van der Waals surface area contributed by atoms with Gasteiger partial charge in [0.2, 0.25) is 5.69 Å². The summed E-state index contributed by atoms with van der Waals surface area (Å²) in [4.78, 5) is 14.9. The van der Waals surface area contributed by atoms with Gasteiger partial charge < -0.3 is 10.0 Å². The van der Waals surface area contributed by atoms with Crippen LogP contribution in [0.5, 0.6) is 0 Å². The van der Waals surface area contributed by atoms with E-state index >= 15 is 0 Å². The van der Waals surface area contributed by atoms with Gasteiger partial charge >= 0.3 is 5.97 Å². The Morgan fingerprint density at radius 2 is 1.70 bits per heavy atom. The van der Waals surface area contributed by atoms with Crippen LogP contribution in [0.4, 0.5) is 5.82 Å². The van der Waals surface area contributed by atoms with Gasteiger partial charge in [-0.3, -0.25) is 0 Å². The molecule has 1 heterocycles. The molecule has 1 aromatic heterocycles. The van der Waals surface area contributed by atoms with Gasteiger partial charge in [0.05, 0.1) is 5.69 Å². The van der Waals surface area contributed by atoms with Crippen LogP contribution in [0.15, 0.2) is 24.3 Å². The normalized spacial score (nSPS) is 10.7. The van der Waals surface area contributed by atoms with Crippen molar-refractivity contribution in [1.82, 2.24) is 15.0 Å². The third-order valence-corrected chi connectivity index (χ3v) is 3.66. The van der Waals surface area contributed by atoms with Gasteiger partial charge in [-0.1, -0.05) is 32.9 Å². The Bertz CT molecular complexity index is 643. The number of anilines is 1. The lowest BCUT2D eigenvalue weighted by atomic mass is 10.2. The van der Waals surface area contributed by atoms with E-state index in [2.05, 4.69) is 31.0 Å². The Kier molecular flexibility index (Phi) is 5.73. The summed E-state index contributed by atoms with van der Waals surface area (Å²) in [5.74, 6) is -0.602. The van der Waals surface area contributed by atoms with E-state index in [9.17, 15) is 9.90 Å². The van der Waals surface area contributed by atoms with Crippen molar-refractivity contribution in [3.05, 3.63) is 35.5 Å². The summed E-state index contributed by atoms with van der Waals surface area (Å²) >= 11 is 0. The third-order valence-electron chi connectivity index (χ3n) is 3.66. The first-order chi connectivity index (χ1) is 11.1. The van der Waals surface area contributed by atoms with Crippen LogP contribution in [0.25, 0.3) is 5.69 Å². The number of hydrogen-bond donors (Lipinski definition) is 1. The Hall–Kier alpha value is -2.37. The highest BCUT2D eigenvalue weighted by Gasteiger charge is 2.22. The second-order valence-electron chi connectivity index (χ2n) is 5.47. The molecule has 0 fully saturated rings. The topological polar surface area (TPSA) is 71.2 Å². The number of benzene rings is 1. The van der Waals surface area contributed by atoms with Crippen LogP contribution in [0, 0.1) is 0 Å². The van der Waals surface area contributed by atoms with E-state index in [0.29, 0.717) is 5.82 Å². The minimum Gasteiger partial charge on any atom is -0.476 e. The molecule has 0 bridgehead atoms. The SMILES string of the molecule is CCCN(CCC)c1nn(-c2ccc(CC)cc2)nc1C(=O)O. The minimum absolute atomic E-state index is 0.00599. The Morgan fingerprint density at radius 1 is 1.09 bits per heavy atom. The van der Waals surface area contributed by atoms with Crippen molar-refractivity contribution in [2.24, 2.45) is 0 Å². The summed E-state index contributed by atoms with van der Waals surface area (Å²) in [5.41, 5.74) is 1.99. The van der Waals surface area contributed by atoms with Crippen molar-refractivity contribution in [3.63, 3.8) is 0 Å². The molecule has 2 aromatic rings. The van der Waals surface area contributed by atoms with Crippen LogP contribution in [0.2, 0.25) is 0 Å². The molecule has 0 atom stereocenters. The number of carboxylic acids is 1. The zero-order valence-corrected chi connectivity index (χ0v) is 14.0. The summed E-state index contributed by atoms with van der Waals surface area (Å²) in [6.07, 6.45) is 2.81. The number of aryl methyl sites for hydroxylation is 1. The fourth-order valence-corrected chi connectivity index (χ4v) is 2.49. The number of aromatic carboxylic acids is 1. The van der Waals surface area contributed by atoms with Crippen LogP contribution in [0.1, 0.15) is 49.7 Å². The number of hydrogen-bond acceptors (Lipinski definition) is 4. The first kappa shape index (κ1) is 17.0. The lowest BCUT2D eigenvalue weighted by molar-refractivity contribution is 0.0690. The maximum Gasteiger partial charge on any atom is 0.360 e. The number of rotatable bonds is 8. The second-order valence-corrected chi connectivity index (χ2v) is 5.47. The van der Waals surface area contributed by atoms with Crippen molar-refractivity contribution in [2.75, 3.05) is 18.0 Å². The summed E-state index contributed by atoms with van der Waals surface area (Å²) in [7, 11) is 0. The smallest absolute Gasteiger partial charge is 0.360 e. The van der Waals surface area contributed by atoms with Crippen molar-refractivity contribution in [3.8, 4) is 5.69 Å². The fourth-order valence-electron chi connectivity index (χ4n) is 2.49. The summed E-state index contributed by atoms with van der Waals surface area (Å²) in [5, 5.41) is 18.1. The number of carbonyl (C=O) groups is 1. The molecule has 0 aliphatic heterocycles. The standard InChI is InChI=1S/C17H24N4O2/c1-4-11-20(12-5-2)16-15(17(22)23)18-21(19-16)14-9-7-13(6-3)8-10-14/h7-10H,4-6,11-12H2,1-3H3,(H,22,23). The molecule has 124 valence electrons. The molecule has 2 rings (SSSR count). The maximum absolute atomic E-state index is 11.5. The predicted molar refractivity (Wildman–Crippen MR) is 90.5 cm³/mol. The van der Waals surface area contributed by atoms with Crippen molar-refractivity contribution < 1.29 is 9.90 Å². The summed E-state index contributed by atoms with van der Waals surface area (Å²) in [6, 6.07) is 7.85. The predicted octanol–water partition coefficient (Wildman–Crippen LogP) is 3.15. The Balaban J connectivity index is 2.42. The molecule has 0 saturated heterocycles. The maximum atomic E-state index is 11.5. The van der Waals surface area contributed by atoms with Crippen molar-refractivity contribution in [1.29, 1.82) is 0 Å². The van der Waals surface area contributed by atoms with Gasteiger partial charge in [0.1, 0.15) is 0 Å². The molecule has 0 saturated carbocycles. The summed E-state index contributed by atoms with van der Waals surface area (Å²) < 4.78 is 0. The molecule has 6 nitrogen and oxygen atoms in total. The highest BCUT2D eigenvalue weighted by atomic mass is 16.4. The number of aromatic nitrogens is 3. The van der Waals surface area contributed by atoms with E-state index in [1.807, 2.05) is 29.2 Å². The van der Waals surface area contributed by atoms with E-state index in [4.69, 9.17) is 0 Å². The van der Waals surface area contributed by atoms with Crippen molar-refractivity contribution >= 4 is 11.8 Å². The highest BCUT2D eigenvalue weighted by molar-refractivity contribution is 5.91. The van der Waals surface area contributed by atoms with Crippen LogP contribution in [-0.4, -0.2) is 39.2 Å². The van der Waals surface area contributed by atoms with Crippen LogP contribution in [-0.2, 0) is 6.42 Å². The molecule has 1 N–H and O–H groups in total. The molecule has 0 amide bonds. The van der Waals surface area contributed by atoms with Gasteiger partial charge in [0.25, 0.3) is 0 Å². The highest BCUT2D eigenvalue weighted by Crippen LogP contribution is 2.19.